The molecule has 0 N–H and O–H groups in total. The van der Waals surface area contributed by atoms with Gasteiger partial charge in [-0.2, -0.15) is 21.6 Å². The summed E-state index contributed by atoms with van der Waals surface area (Å²) >= 11 is 0. The Hall–Kier alpha value is -2.10. The van der Waals surface area contributed by atoms with Crippen molar-refractivity contribution in [2.75, 3.05) is 7.11 Å². The van der Waals surface area contributed by atoms with Crippen LogP contribution in [0.5, 0.6) is 0 Å². The van der Waals surface area contributed by atoms with Crippen molar-refractivity contribution in [1.82, 2.24) is 4.31 Å². The van der Waals surface area contributed by atoms with Gasteiger partial charge in [0.05, 0.1) is 7.11 Å². The maximum absolute atomic E-state index is 13.2. The molecule has 0 amide bonds. The van der Waals surface area contributed by atoms with E-state index in [0.717, 1.165) is 19.2 Å². The summed E-state index contributed by atoms with van der Waals surface area (Å²) in [6, 6.07) is 3.09. The Morgan fingerprint density at radius 3 is 2.27 bits per heavy atom. The highest BCUT2D eigenvalue weighted by molar-refractivity contribution is 7.90. The third kappa shape index (κ3) is 3.55. The van der Waals surface area contributed by atoms with Gasteiger partial charge in [0.25, 0.3) is 0 Å². The summed E-state index contributed by atoms with van der Waals surface area (Å²) in [5, 5.41) is 0. The van der Waals surface area contributed by atoms with Gasteiger partial charge in [0.15, 0.2) is 0 Å². The van der Waals surface area contributed by atoms with Gasteiger partial charge in [-0.15, -0.1) is 0 Å². The fraction of sp³-hybridized carbons (Fsp3) is 0.438. The van der Waals surface area contributed by atoms with Gasteiger partial charge in [0.2, 0.25) is 0 Å². The monoisotopic (exact) mass is 395 g/mol. The second-order valence-electron chi connectivity index (χ2n) is 6.52. The molecule has 0 bridgehead atoms. The van der Waals surface area contributed by atoms with Crippen LogP contribution in [0.3, 0.4) is 0 Å². The lowest BCUT2D eigenvalue weighted by atomic mass is 9.84. The highest BCUT2D eigenvalue weighted by Crippen LogP contribution is 2.48. The van der Waals surface area contributed by atoms with Crippen LogP contribution in [0.4, 0.5) is 17.6 Å². The molecule has 1 aromatic rings. The van der Waals surface area contributed by atoms with Crippen molar-refractivity contribution in [3.8, 4) is 0 Å². The number of allylic oxidation sites excluding steroid dienone is 1. The molecule has 10 heteroatoms. The molecule has 0 unspecified atom stereocenters. The lowest BCUT2D eigenvalue weighted by molar-refractivity contribution is -0.147. The Labute approximate surface area is 148 Å². The number of nitrogens with zero attached hydrogens (tertiary/aromatic N) is 1. The normalized spacial score (nSPS) is 21.9. The molecule has 0 saturated carbocycles. The van der Waals surface area contributed by atoms with E-state index in [1.54, 1.807) is 0 Å². The van der Waals surface area contributed by atoms with Crippen LogP contribution in [0.1, 0.15) is 25.8 Å². The van der Waals surface area contributed by atoms with Crippen molar-refractivity contribution in [2.45, 2.75) is 31.8 Å². The standard InChI is InChI=1S/C16H17F4NO4S/c1-15(2)9-12(8-10-4-6-11(17)7-5-10)21(13(15)14(22)25-3)26(23,24)16(18,19)20/h4-8,13H,9H2,1-3H3/b12-8+/t13-/m1/s1. The zero-order valence-electron chi connectivity index (χ0n) is 14.2. The molecular weight excluding hydrogens is 378 g/mol. The van der Waals surface area contributed by atoms with Crippen molar-refractivity contribution in [1.29, 1.82) is 0 Å². The summed E-state index contributed by atoms with van der Waals surface area (Å²) < 4.78 is 81.4. The number of benzene rings is 1. The second kappa shape index (κ2) is 6.57. The molecule has 0 spiro atoms. The first-order chi connectivity index (χ1) is 11.8. The number of alkyl halides is 3. The van der Waals surface area contributed by atoms with Crippen molar-refractivity contribution in [2.24, 2.45) is 5.41 Å². The summed E-state index contributed by atoms with van der Waals surface area (Å²) in [6.07, 6.45) is 1.06. The Kier molecular flexibility index (Phi) is 5.10. The number of carbonyl (C=O) groups excluding carboxylic acids is 1. The smallest absolute Gasteiger partial charge is 0.467 e. The lowest BCUT2D eigenvalue weighted by Gasteiger charge is -2.31. The molecule has 144 valence electrons. The first-order valence-corrected chi connectivity index (χ1v) is 8.90. The van der Waals surface area contributed by atoms with Crippen molar-refractivity contribution in [3.05, 3.63) is 41.3 Å². The molecular formula is C16H17F4NO4S. The fourth-order valence-electron chi connectivity index (χ4n) is 2.92. The number of hydrogen-bond donors (Lipinski definition) is 0. The number of rotatable bonds is 3. The third-order valence-corrected chi connectivity index (χ3v) is 5.62. The lowest BCUT2D eigenvalue weighted by Crippen LogP contribution is -2.50. The molecule has 0 radical (unpaired) electrons. The average Bonchev–Trinajstić information content (AvgIpc) is 2.78. The molecule has 2 rings (SSSR count). The molecule has 1 saturated heterocycles. The van der Waals surface area contributed by atoms with E-state index in [-0.39, 0.29) is 16.4 Å². The van der Waals surface area contributed by atoms with E-state index in [1.165, 1.54) is 32.1 Å². The molecule has 5 nitrogen and oxygen atoms in total. The van der Waals surface area contributed by atoms with E-state index in [9.17, 15) is 30.8 Å². The molecule has 1 fully saturated rings. The number of carbonyl (C=O) groups is 1. The minimum absolute atomic E-state index is 0.0716. The van der Waals surface area contributed by atoms with Crippen LogP contribution in [-0.4, -0.2) is 37.4 Å². The Balaban J connectivity index is 2.66. The quantitative estimate of drug-likeness (QED) is 0.582. The Bertz CT molecular complexity index is 829. The molecule has 1 atom stereocenters. The first kappa shape index (κ1) is 20.2. The molecule has 1 aliphatic heterocycles. The third-order valence-electron chi connectivity index (χ3n) is 4.07. The van der Waals surface area contributed by atoms with Crippen LogP contribution in [0.25, 0.3) is 6.08 Å². The average molecular weight is 395 g/mol. The Morgan fingerprint density at radius 2 is 1.81 bits per heavy atom. The highest BCUT2D eigenvalue weighted by Gasteiger charge is 2.60. The highest BCUT2D eigenvalue weighted by atomic mass is 32.2. The topological polar surface area (TPSA) is 63.7 Å². The van der Waals surface area contributed by atoms with Gasteiger partial charge in [-0.1, -0.05) is 26.0 Å². The van der Waals surface area contributed by atoms with Gasteiger partial charge in [-0.05, 0) is 30.2 Å². The van der Waals surface area contributed by atoms with Gasteiger partial charge < -0.3 is 4.74 Å². The largest absolute Gasteiger partial charge is 0.516 e. The van der Waals surface area contributed by atoms with Gasteiger partial charge in [0, 0.05) is 11.1 Å². The van der Waals surface area contributed by atoms with E-state index in [2.05, 4.69) is 4.74 Å². The maximum Gasteiger partial charge on any atom is 0.516 e. The number of esters is 1. The predicted molar refractivity (Wildman–Crippen MR) is 85.4 cm³/mol. The predicted octanol–water partition coefficient (Wildman–Crippen LogP) is 3.29. The van der Waals surface area contributed by atoms with E-state index in [1.807, 2.05) is 0 Å². The molecule has 0 aliphatic carbocycles. The van der Waals surface area contributed by atoms with Crippen molar-refractivity contribution < 1.29 is 35.5 Å². The summed E-state index contributed by atoms with van der Waals surface area (Å²) in [7, 11) is -4.87. The molecule has 1 aromatic carbocycles. The molecule has 26 heavy (non-hydrogen) atoms. The van der Waals surface area contributed by atoms with E-state index in [0.29, 0.717) is 5.56 Å². The minimum atomic E-state index is -5.84. The number of halogens is 4. The number of methoxy groups -OCH3 is 1. The van der Waals surface area contributed by atoms with Crippen LogP contribution in [-0.2, 0) is 19.6 Å². The SMILES string of the molecule is COC(=O)[C@H]1N(S(=O)(=O)C(F)(F)F)/C(=C/c2ccc(F)cc2)CC1(C)C. The van der Waals surface area contributed by atoms with Gasteiger partial charge >= 0.3 is 21.5 Å². The van der Waals surface area contributed by atoms with Gasteiger partial charge in [-0.3, -0.25) is 4.31 Å². The van der Waals surface area contributed by atoms with Crippen LogP contribution < -0.4 is 0 Å². The molecule has 0 aromatic heterocycles. The fourth-order valence-corrected chi connectivity index (χ4v) is 4.22. The summed E-state index contributed by atoms with van der Waals surface area (Å²) in [5.41, 5.74) is -6.67. The van der Waals surface area contributed by atoms with E-state index < -0.39 is 38.8 Å². The summed E-state index contributed by atoms with van der Waals surface area (Å²) in [5.74, 6) is -1.64. The number of ether oxygens (including phenoxy) is 1. The summed E-state index contributed by atoms with van der Waals surface area (Å²) in [4.78, 5) is 12.1. The van der Waals surface area contributed by atoms with Gasteiger partial charge in [-0.25, -0.2) is 9.18 Å². The minimum Gasteiger partial charge on any atom is -0.467 e. The van der Waals surface area contributed by atoms with E-state index in [4.69, 9.17) is 0 Å². The Morgan fingerprint density at radius 1 is 1.27 bits per heavy atom. The second-order valence-corrected chi connectivity index (χ2v) is 8.33. The van der Waals surface area contributed by atoms with Crippen LogP contribution in [0.15, 0.2) is 30.0 Å². The number of hydrogen-bond acceptors (Lipinski definition) is 4. The number of sulfonamides is 1. The van der Waals surface area contributed by atoms with E-state index >= 15 is 0 Å². The zero-order valence-corrected chi connectivity index (χ0v) is 15.0. The molecule has 1 heterocycles. The van der Waals surface area contributed by atoms with Gasteiger partial charge in [0.1, 0.15) is 11.9 Å². The maximum atomic E-state index is 13.2. The van der Waals surface area contributed by atoms with Crippen LogP contribution in [0, 0.1) is 11.2 Å². The first-order valence-electron chi connectivity index (χ1n) is 7.46. The van der Waals surface area contributed by atoms with Crippen LogP contribution >= 0.6 is 0 Å². The van der Waals surface area contributed by atoms with Crippen LogP contribution in [0.2, 0.25) is 0 Å². The van der Waals surface area contributed by atoms with Crippen molar-refractivity contribution in [3.63, 3.8) is 0 Å². The molecule has 1 aliphatic rings. The zero-order chi connectivity index (χ0) is 19.9. The summed E-state index contributed by atoms with van der Waals surface area (Å²) in [6.45, 7) is 2.94. The van der Waals surface area contributed by atoms with Crippen molar-refractivity contribution >= 4 is 22.1 Å².